The molecule has 0 bridgehead atoms. The van der Waals surface area contributed by atoms with Crippen molar-refractivity contribution >= 4 is 6.09 Å². The van der Waals surface area contributed by atoms with Crippen LogP contribution in [0.5, 0.6) is 0 Å². The van der Waals surface area contributed by atoms with Gasteiger partial charge in [0.15, 0.2) is 0 Å². The molecule has 0 heterocycles. The van der Waals surface area contributed by atoms with E-state index >= 15 is 0 Å². The van der Waals surface area contributed by atoms with Crippen LogP contribution < -0.4 is 5.32 Å². The predicted molar refractivity (Wildman–Crippen MR) is 74.3 cm³/mol. The van der Waals surface area contributed by atoms with E-state index in [1.54, 1.807) is 0 Å². The molecular weight excluding hydrogens is 214 g/mol. The summed E-state index contributed by atoms with van der Waals surface area (Å²) in [5.41, 5.74) is -0.410. The van der Waals surface area contributed by atoms with Crippen LogP contribution in [-0.4, -0.2) is 17.7 Å². The van der Waals surface area contributed by atoms with E-state index in [0.717, 1.165) is 25.7 Å². The lowest BCUT2D eigenvalue weighted by Crippen LogP contribution is -2.39. The Kier molecular flexibility index (Phi) is 11.4. The highest BCUT2D eigenvalue weighted by Crippen LogP contribution is 2.09. The van der Waals surface area contributed by atoms with Crippen LogP contribution in [0.3, 0.4) is 0 Å². The van der Waals surface area contributed by atoms with Gasteiger partial charge in [-0.1, -0.05) is 40.5 Å². The van der Waals surface area contributed by atoms with E-state index in [1.165, 1.54) is 0 Å². The van der Waals surface area contributed by atoms with Crippen LogP contribution in [0.25, 0.3) is 0 Å². The first-order valence-corrected chi connectivity index (χ1v) is 6.88. The predicted octanol–water partition coefficient (Wildman–Crippen LogP) is 4.51. The molecule has 0 spiro atoms. The zero-order chi connectivity index (χ0) is 13.9. The highest BCUT2D eigenvalue weighted by molar-refractivity contribution is 5.68. The first kappa shape index (κ1) is 18.6. The lowest BCUT2D eigenvalue weighted by Gasteiger charge is -2.23. The van der Waals surface area contributed by atoms with Gasteiger partial charge in [0.05, 0.1) is 0 Å². The molecule has 3 heteroatoms. The minimum absolute atomic E-state index is 0.259. The number of hydrogen-bond donors (Lipinski definition) is 1. The van der Waals surface area contributed by atoms with Crippen molar-refractivity contribution in [3.05, 3.63) is 0 Å². The summed E-state index contributed by atoms with van der Waals surface area (Å²) in [7, 11) is 0. The lowest BCUT2D eigenvalue weighted by atomic mass is 10.1. The Hall–Kier alpha value is -0.730. The fourth-order valence-corrected chi connectivity index (χ4v) is 1.46. The third-order valence-corrected chi connectivity index (χ3v) is 2.00. The Morgan fingerprint density at radius 3 is 1.82 bits per heavy atom. The highest BCUT2D eigenvalue weighted by atomic mass is 16.6. The number of alkyl carbamates (subject to hydrolysis) is 1. The van der Waals surface area contributed by atoms with Gasteiger partial charge in [-0.05, 0) is 33.6 Å². The van der Waals surface area contributed by atoms with Gasteiger partial charge in [0.25, 0.3) is 0 Å². The van der Waals surface area contributed by atoms with Crippen molar-refractivity contribution in [2.24, 2.45) is 0 Å². The number of amides is 1. The number of hydrogen-bond acceptors (Lipinski definition) is 2. The topological polar surface area (TPSA) is 38.3 Å². The summed E-state index contributed by atoms with van der Waals surface area (Å²) in [5, 5.41) is 2.91. The Morgan fingerprint density at radius 1 is 1.12 bits per heavy atom. The molecule has 0 saturated carbocycles. The molecule has 0 aliphatic heterocycles. The molecule has 0 unspecified atom stereocenters. The third kappa shape index (κ3) is 13.2. The molecule has 0 aromatic heterocycles. The molecule has 0 saturated heterocycles. The van der Waals surface area contributed by atoms with E-state index in [-0.39, 0.29) is 12.1 Å². The Bertz CT molecular complexity index is 179. The Labute approximate surface area is 107 Å². The maximum Gasteiger partial charge on any atom is 0.407 e. The van der Waals surface area contributed by atoms with E-state index in [2.05, 4.69) is 19.2 Å². The molecule has 0 aliphatic carbocycles. The van der Waals surface area contributed by atoms with Gasteiger partial charge in [-0.25, -0.2) is 4.79 Å². The van der Waals surface area contributed by atoms with E-state index in [0.29, 0.717) is 0 Å². The van der Waals surface area contributed by atoms with Gasteiger partial charge in [-0.2, -0.15) is 0 Å². The first-order valence-electron chi connectivity index (χ1n) is 6.88. The largest absolute Gasteiger partial charge is 0.444 e. The fourth-order valence-electron chi connectivity index (χ4n) is 1.46. The Balaban J connectivity index is 0. The molecule has 0 rings (SSSR count). The molecule has 1 N–H and O–H groups in total. The van der Waals surface area contributed by atoms with Gasteiger partial charge in [0, 0.05) is 6.04 Å². The van der Waals surface area contributed by atoms with E-state index in [9.17, 15) is 4.79 Å². The second-order valence-corrected chi connectivity index (χ2v) is 4.92. The van der Waals surface area contributed by atoms with Crippen molar-refractivity contribution in [3.63, 3.8) is 0 Å². The van der Waals surface area contributed by atoms with Crippen LogP contribution in [0.1, 0.15) is 74.1 Å². The first-order chi connectivity index (χ1) is 7.89. The van der Waals surface area contributed by atoms with Gasteiger partial charge >= 0.3 is 6.09 Å². The zero-order valence-electron chi connectivity index (χ0n) is 12.7. The van der Waals surface area contributed by atoms with Crippen molar-refractivity contribution in [2.45, 2.75) is 85.8 Å². The van der Waals surface area contributed by atoms with Gasteiger partial charge < -0.3 is 10.1 Å². The number of carbonyl (C=O) groups excluding carboxylic acids is 1. The van der Waals surface area contributed by atoms with Gasteiger partial charge in [0.2, 0.25) is 0 Å². The number of rotatable bonds is 5. The van der Waals surface area contributed by atoms with E-state index in [1.807, 2.05) is 34.6 Å². The van der Waals surface area contributed by atoms with Crippen molar-refractivity contribution in [1.82, 2.24) is 5.32 Å². The Morgan fingerprint density at radius 2 is 1.53 bits per heavy atom. The van der Waals surface area contributed by atoms with Gasteiger partial charge in [-0.15, -0.1) is 0 Å². The molecule has 17 heavy (non-hydrogen) atoms. The standard InChI is InChI=1S/C12H25NO2.C2H6/c1-6-8-10(9-7-2)13-11(14)15-12(3,4)5;1-2/h10H,6-9H2,1-5H3,(H,13,14);1-2H3. The van der Waals surface area contributed by atoms with Crippen LogP contribution in [0, 0.1) is 0 Å². The van der Waals surface area contributed by atoms with Crippen LogP contribution in [0.15, 0.2) is 0 Å². The maximum absolute atomic E-state index is 11.5. The minimum atomic E-state index is -0.410. The SMILES string of the molecule is CC.CCCC(CCC)NC(=O)OC(C)(C)C. The molecule has 0 aromatic carbocycles. The summed E-state index contributed by atoms with van der Waals surface area (Å²) in [6, 6.07) is 0.259. The highest BCUT2D eigenvalue weighted by Gasteiger charge is 2.18. The molecule has 0 aliphatic rings. The third-order valence-electron chi connectivity index (χ3n) is 2.00. The molecule has 3 nitrogen and oxygen atoms in total. The normalized spacial score (nSPS) is 10.6. The molecule has 0 atom stereocenters. The maximum atomic E-state index is 11.5. The summed E-state index contributed by atoms with van der Waals surface area (Å²) in [6.07, 6.45) is 3.91. The van der Waals surface area contributed by atoms with Crippen molar-refractivity contribution in [1.29, 1.82) is 0 Å². The fraction of sp³-hybridized carbons (Fsp3) is 0.929. The number of nitrogens with one attached hydrogen (secondary N) is 1. The quantitative estimate of drug-likeness (QED) is 0.774. The number of ether oxygens (including phenoxy) is 1. The summed E-state index contributed by atoms with van der Waals surface area (Å²) < 4.78 is 5.21. The molecule has 0 fully saturated rings. The van der Waals surface area contributed by atoms with Crippen LogP contribution >= 0.6 is 0 Å². The van der Waals surface area contributed by atoms with Gasteiger partial charge in [0.1, 0.15) is 5.60 Å². The summed E-state index contributed by atoms with van der Waals surface area (Å²) in [5.74, 6) is 0. The monoisotopic (exact) mass is 245 g/mol. The van der Waals surface area contributed by atoms with Crippen LogP contribution in [0.2, 0.25) is 0 Å². The van der Waals surface area contributed by atoms with Crippen molar-refractivity contribution in [3.8, 4) is 0 Å². The smallest absolute Gasteiger partial charge is 0.407 e. The molecule has 0 aromatic rings. The molecule has 0 radical (unpaired) electrons. The summed E-state index contributed by atoms with van der Waals surface area (Å²) in [6.45, 7) is 13.9. The zero-order valence-corrected chi connectivity index (χ0v) is 12.7. The average molecular weight is 245 g/mol. The van der Waals surface area contributed by atoms with Crippen molar-refractivity contribution in [2.75, 3.05) is 0 Å². The van der Waals surface area contributed by atoms with E-state index < -0.39 is 5.60 Å². The molecule has 104 valence electrons. The molecule has 1 amide bonds. The van der Waals surface area contributed by atoms with Crippen molar-refractivity contribution < 1.29 is 9.53 Å². The second-order valence-electron chi connectivity index (χ2n) is 4.92. The minimum Gasteiger partial charge on any atom is -0.444 e. The van der Waals surface area contributed by atoms with Crippen LogP contribution in [-0.2, 0) is 4.74 Å². The average Bonchev–Trinajstić information content (AvgIpc) is 2.18. The summed E-state index contributed by atoms with van der Waals surface area (Å²) >= 11 is 0. The van der Waals surface area contributed by atoms with Gasteiger partial charge in [-0.3, -0.25) is 0 Å². The molecular formula is C14H31NO2. The van der Waals surface area contributed by atoms with E-state index in [4.69, 9.17) is 4.74 Å². The second kappa shape index (κ2) is 10.4. The lowest BCUT2D eigenvalue weighted by molar-refractivity contribution is 0.0499. The summed E-state index contributed by atoms with van der Waals surface area (Å²) in [4.78, 5) is 11.5. The number of carbonyl (C=O) groups is 1. The van der Waals surface area contributed by atoms with Crippen LogP contribution in [0.4, 0.5) is 4.79 Å².